The monoisotopic (exact) mass is 1330 g/mol. The van der Waals surface area contributed by atoms with Gasteiger partial charge in [-0.05, 0) is 148 Å². The highest BCUT2D eigenvalue weighted by Crippen LogP contribution is 2.69. The van der Waals surface area contributed by atoms with Gasteiger partial charge in [-0.3, -0.25) is 24.4 Å². The molecule has 3 N–H and O–H groups in total. The molecule has 23 nitrogen and oxygen atoms in total. The largest absolute Gasteiger partial charge is 0.482 e. The van der Waals surface area contributed by atoms with Gasteiger partial charge in [-0.25, -0.2) is 19.2 Å². The molecule has 16 atom stereocenters. The Kier molecular flexibility index (Phi) is 18.5. The van der Waals surface area contributed by atoms with Crippen molar-refractivity contribution in [3.05, 3.63) is 164 Å². The van der Waals surface area contributed by atoms with Crippen LogP contribution in [0, 0.1) is 73.9 Å². The van der Waals surface area contributed by atoms with E-state index in [1.165, 1.54) is 68.6 Å². The van der Waals surface area contributed by atoms with Crippen molar-refractivity contribution in [2.45, 2.75) is 156 Å². The SMILES string of the molecule is CC(=O)OC[C@@]1(C)C2C[C@H](OC(=O)c3ccc(C#N)cc3)[C@@]3(C)Oc4cc(-c5cccnc5)oc(=O)c4[C@H](O)C3[C@@]2(C)CC[C@@H]1O.CC(=O)OC[C@@]1(C)C2C[C@H](OC(=O)c3ccc(C#N)cc3)[C@@]3(C)Oc4cc(-c5cccnc5)oc(=O)c4[C@H](O)C3[C@@]2(C)CC[C@@H]1OC(=O)C(C)C. The lowest BCUT2D eigenvalue weighted by molar-refractivity contribution is -0.267. The van der Waals surface area contributed by atoms with E-state index in [4.69, 9.17) is 42.0 Å². The first kappa shape index (κ1) is 68.8. The van der Waals surface area contributed by atoms with Crippen LogP contribution in [0.5, 0.6) is 11.5 Å². The minimum absolute atomic E-state index is 0.0398. The summed E-state index contributed by atoms with van der Waals surface area (Å²) < 4.78 is 54.6. The quantitative estimate of drug-likeness (QED) is 0.0757. The fourth-order valence-electron chi connectivity index (χ4n) is 17.1. The van der Waals surface area contributed by atoms with E-state index in [1.54, 1.807) is 82.7 Å². The molecule has 2 aromatic carbocycles. The van der Waals surface area contributed by atoms with Crippen LogP contribution in [0.2, 0.25) is 0 Å². The summed E-state index contributed by atoms with van der Waals surface area (Å²) in [7, 11) is 0. The minimum Gasteiger partial charge on any atom is -0.482 e. The van der Waals surface area contributed by atoms with Crippen molar-refractivity contribution in [3.63, 3.8) is 0 Å². The van der Waals surface area contributed by atoms with Gasteiger partial charge in [0.25, 0.3) is 0 Å². The molecule has 6 heterocycles. The van der Waals surface area contributed by atoms with Crippen molar-refractivity contribution in [2.24, 2.45) is 51.2 Å². The minimum atomic E-state index is -1.42. The lowest BCUT2D eigenvalue weighted by Gasteiger charge is -2.66. The number of carbonyl (C=O) groups excluding carboxylic acids is 5. The molecule has 4 aliphatic carbocycles. The van der Waals surface area contributed by atoms with E-state index in [1.807, 2.05) is 39.8 Å². The standard InChI is InChI=1S/C39H42N2O10.C35H36N2O9/c1-21(2)34(44)49-29-13-14-37(4)28(38(29,5)20-47-22(3)42)17-30(50-35(45)24-11-9-23(18-40)10-12-24)39(6)33(37)32(43)31-27(51-39)16-26(48-36(31)46)25-8-7-15-41-19-25;1-19(38)43-18-34(3)25-15-27(45-31(41)21-9-7-20(16-36)8-10-21)35(4)30(33(25,2)12-11-26(34)39)29(40)28-24(46-35)14-23(44-32(28)42)22-6-5-13-37-17-22/h7-12,15-16,19,21,28-30,32-33,43H,13-14,17,20H2,1-6H3;5-10,13-14,17,25-27,29-30,39-40H,11-12,15,18H2,1-4H3/t28?,29-,30-,32-,33?,37-,38-,39+;25?,26-,27-,29-,30?,33-,34-,35+/m00/s1. The van der Waals surface area contributed by atoms with Crippen molar-refractivity contribution in [2.75, 3.05) is 13.2 Å². The molecular weight excluding hydrogens is 1250 g/mol. The third kappa shape index (κ3) is 12.2. The van der Waals surface area contributed by atoms with Gasteiger partial charge in [0.15, 0.2) is 0 Å². The Labute approximate surface area is 559 Å². The molecule has 2 aliphatic heterocycles. The third-order valence-corrected chi connectivity index (χ3v) is 22.0. The molecule has 6 aliphatic rings. The molecule has 23 heteroatoms. The number of nitrogens with zero attached hydrogens (tertiary/aromatic N) is 4. The number of esters is 5. The van der Waals surface area contributed by atoms with Crippen LogP contribution < -0.4 is 20.7 Å². The highest BCUT2D eigenvalue weighted by molar-refractivity contribution is 5.90. The van der Waals surface area contributed by atoms with E-state index in [-0.39, 0.29) is 71.3 Å². The Hall–Kier alpha value is -9.55. The van der Waals surface area contributed by atoms with Gasteiger partial charge in [0.1, 0.15) is 70.3 Å². The lowest BCUT2D eigenvalue weighted by atomic mass is 9.42. The molecular formula is C74H78N4O19. The Morgan fingerprint density at radius 2 is 1.00 bits per heavy atom. The van der Waals surface area contributed by atoms with Gasteiger partial charge in [-0.2, -0.15) is 10.5 Å². The Morgan fingerprint density at radius 3 is 1.39 bits per heavy atom. The van der Waals surface area contributed by atoms with Gasteiger partial charge >= 0.3 is 41.1 Å². The van der Waals surface area contributed by atoms with Crippen molar-refractivity contribution >= 4 is 29.8 Å². The predicted octanol–water partition coefficient (Wildman–Crippen LogP) is 9.91. The summed E-state index contributed by atoms with van der Waals surface area (Å²) in [6.45, 7) is 17.1. The maximum atomic E-state index is 13.8. The molecule has 4 unspecified atom stereocenters. The number of aromatic nitrogens is 2. The number of nitriles is 2. The topological polar surface area (TPSA) is 344 Å². The smallest absolute Gasteiger partial charge is 0.345 e. The number of hydrogen-bond acceptors (Lipinski definition) is 23. The van der Waals surface area contributed by atoms with E-state index in [9.17, 15) is 59.4 Å². The van der Waals surface area contributed by atoms with Crippen LogP contribution in [0.15, 0.2) is 128 Å². The van der Waals surface area contributed by atoms with Gasteiger partial charge in [-0.1, -0.05) is 41.5 Å². The summed E-state index contributed by atoms with van der Waals surface area (Å²) in [4.78, 5) is 100. The number of fused-ring (bicyclic) bond motifs is 8. The first-order valence-electron chi connectivity index (χ1n) is 32.4. The zero-order valence-electron chi connectivity index (χ0n) is 55.6. The number of pyridine rings is 2. The fourth-order valence-corrected chi connectivity index (χ4v) is 17.1. The van der Waals surface area contributed by atoms with Crippen molar-refractivity contribution in [3.8, 4) is 46.3 Å². The first-order chi connectivity index (χ1) is 45.9. The van der Waals surface area contributed by atoms with Crippen molar-refractivity contribution in [1.82, 2.24) is 9.97 Å². The maximum Gasteiger partial charge on any atom is 0.345 e. The van der Waals surface area contributed by atoms with Crippen LogP contribution >= 0.6 is 0 Å². The molecule has 4 fully saturated rings. The lowest BCUT2D eigenvalue weighted by Crippen LogP contribution is -2.71. The van der Waals surface area contributed by atoms with Crippen LogP contribution in [-0.2, 0) is 38.1 Å². The number of carbonyl (C=O) groups is 5. The second-order valence-corrected chi connectivity index (χ2v) is 28.3. The van der Waals surface area contributed by atoms with Crippen LogP contribution in [0.4, 0.5) is 0 Å². The summed E-state index contributed by atoms with van der Waals surface area (Å²) in [5.41, 5.74) is -5.71. The number of ether oxygens (including phenoxy) is 7. The average Bonchev–Trinajstić information content (AvgIpc) is 0.692. The summed E-state index contributed by atoms with van der Waals surface area (Å²) >= 11 is 0. The van der Waals surface area contributed by atoms with Gasteiger partial charge in [0.2, 0.25) is 0 Å². The third-order valence-electron chi connectivity index (χ3n) is 22.0. The van der Waals surface area contributed by atoms with Gasteiger partial charge < -0.3 is 57.3 Å². The second-order valence-electron chi connectivity index (χ2n) is 28.3. The number of hydrogen-bond donors (Lipinski definition) is 3. The molecule has 0 saturated heterocycles. The summed E-state index contributed by atoms with van der Waals surface area (Å²) in [5.74, 6) is -5.15. The van der Waals surface area contributed by atoms with E-state index < -0.39 is 140 Å². The Balaban J connectivity index is 0.000000198. The number of aliphatic hydroxyl groups excluding tert-OH is 3. The molecule has 0 amide bonds. The van der Waals surface area contributed by atoms with Crippen molar-refractivity contribution in [1.29, 1.82) is 10.5 Å². The van der Waals surface area contributed by atoms with E-state index in [2.05, 4.69) is 9.97 Å². The molecule has 0 radical (unpaired) electrons. The van der Waals surface area contributed by atoms with E-state index in [0.717, 1.165) is 0 Å². The van der Waals surface area contributed by atoms with Crippen molar-refractivity contribution < 1.29 is 81.3 Å². The van der Waals surface area contributed by atoms with Gasteiger partial charge in [0.05, 0.1) is 65.2 Å². The van der Waals surface area contributed by atoms with Gasteiger partial charge in [0, 0.05) is 84.6 Å². The molecule has 4 aromatic heterocycles. The summed E-state index contributed by atoms with van der Waals surface area (Å²) in [6, 6.07) is 26.1. The predicted molar refractivity (Wildman–Crippen MR) is 343 cm³/mol. The van der Waals surface area contributed by atoms with Crippen LogP contribution in [0.1, 0.15) is 163 Å². The Morgan fingerprint density at radius 1 is 0.588 bits per heavy atom. The molecule has 0 bridgehead atoms. The second kappa shape index (κ2) is 26.1. The maximum absolute atomic E-state index is 13.8. The molecule has 508 valence electrons. The number of benzene rings is 2. The zero-order chi connectivity index (χ0) is 69.9. The highest BCUT2D eigenvalue weighted by atomic mass is 16.6. The molecule has 4 saturated carbocycles. The molecule has 97 heavy (non-hydrogen) atoms. The fraction of sp³-hybridized carbons (Fsp3) is 0.473. The Bertz CT molecular complexity index is 4240. The summed E-state index contributed by atoms with van der Waals surface area (Å²) in [5, 5.41) is 54.4. The number of rotatable bonds is 12. The molecule has 0 spiro atoms. The summed E-state index contributed by atoms with van der Waals surface area (Å²) in [6.07, 6.45) is 1.94. The normalized spacial score (nSPS) is 31.8. The van der Waals surface area contributed by atoms with E-state index >= 15 is 0 Å². The number of aliphatic hydroxyl groups is 3. The van der Waals surface area contributed by atoms with E-state index in [0.29, 0.717) is 47.9 Å². The first-order valence-corrected chi connectivity index (χ1v) is 32.4. The van der Waals surface area contributed by atoms with Gasteiger partial charge in [-0.15, -0.1) is 0 Å². The molecule has 12 rings (SSSR count). The highest BCUT2D eigenvalue weighted by Gasteiger charge is 2.73. The average molecular weight is 1330 g/mol. The molecule has 6 aromatic rings. The van der Waals surface area contributed by atoms with Crippen LogP contribution in [-0.4, -0.2) is 104 Å². The van der Waals surface area contributed by atoms with Crippen LogP contribution in [0.3, 0.4) is 0 Å². The zero-order valence-corrected chi connectivity index (χ0v) is 55.6. The van der Waals surface area contributed by atoms with Crippen LogP contribution in [0.25, 0.3) is 22.6 Å².